The molecule has 8 rings (SSSR count). The smallest absolute Gasteiger partial charge is 0.141 e. The highest BCUT2D eigenvalue weighted by Gasteiger charge is 2.54. The fraction of sp³-hybridized carbons (Fsp3) is 0.229. The molecule has 2 N–H and O–H groups in total. The summed E-state index contributed by atoms with van der Waals surface area (Å²) in [7, 11) is 0. The SMILES string of the molecule is OCC1C2CN(Cc3ccc(-c4ccc5ncnc(Nc6ccc7c(cnn7Cc7ccccc7)c6)c5c4)cc3)CC12. The molecule has 2 unspecified atom stereocenters. The maximum atomic E-state index is 9.43. The molecule has 2 atom stereocenters. The second-order valence-electron chi connectivity index (χ2n) is 11.7. The van der Waals surface area contributed by atoms with E-state index in [9.17, 15) is 5.11 Å². The predicted molar refractivity (Wildman–Crippen MR) is 166 cm³/mol. The minimum atomic E-state index is 0.349. The van der Waals surface area contributed by atoms with Crippen molar-refractivity contribution in [3.8, 4) is 11.1 Å². The van der Waals surface area contributed by atoms with Crippen molar-refractivity contribution in [2.45, 2.75) is 13.1 Å². The number of piperidine rings is 1. The molecule has 1 saturated heterocycles. The van der Waals surface area contributed by atoms with Gasteiger partial charge >= 0.3 is 0 Å². The van der Waals surface area contributed by atoms with Gasteiger partial charge in [0.15, 0.2) is 0 Å². The van der Waals surface area contributed by atoms with Gasteiger partial charge in [-0.15, -0.1) is 0 Å². The molecule has 4 aromatic carbocycles. The molecule has 1 saturated carbocycles. The summed E-state index contributed by atoms with van der Waals surface area (Å²) >= 11 is 0. The number of nitrogens with zero attached hydrogens (tertiary/aromatic N) is 5. The van der Waals surface area contributed by atoms with Crippen LogP contribution in [0.15, 0.2) is 104 Å². The summed E-state index contributed by atoms with van der Waals surface area (Å²) < 4.78 is 2.03. The van der Waals surface area contributed by atoms with E-state index in [2.05, 4.69) is 110 Å². The van der Waals surface area contributed by atoms with Crippen LogP contribution in [0.5, 0.6) is 0 Å². The van der Waals surface area contributed by atoms with Gasteiger partial charge in [0, 0.05) is 42.7 Å². The van der Waals surface area contributed by atoms with Gasteiger partial charge in [0.05, 0.1) is 23.8 Å². The average Bonchev–Trinajstić information content (AvgIpc) is 3.30. The van der Waals surface area contributed by atoms with Gasteiger partial charge in [0.25, 0.3) is 0 Å². The lowest BCUT2D eigenvalue weighted by Gasteiger charge is -2.19. The molecular formula is C35H32N6O. The molecule has 7 nitrogen and oxygen atoms in total. The van der Waals surface area contributed by atoms with Gasteiger partial charge in [-0.1, -0.05) is 60.7 Å². The van der Waals surface area contributed by atoms with Crippen LogP contribution < -0.4 is 5.32 Å². The van der Waals surface area contributed by atoms with Gasteiger partial charge in [-0.2, -0.15) is 5.10 Å². The van der Waals surface area contributed by atoms with Crippen LogP contribution in [0, 0.1) is 17.8 Å². The molecular weight excluding hydrogens is 520 g/mol. The van der Waals surface area contributed by atoms with Crippen LogP contribution in [0.3, 0.4) is 0 Å². The number of nitrogens with one attached hydrogen (secondary N) is 1. The van der Waals surface area contributed by atoms with Gasteiger partial charge < -0.3 is 10.4 Å². The zero-order chi connectivity index (χ0) is 28.0. The maximum absolute atomic E-state index is 9.43. The van der Waals surface area contributed by atoms with Crippen LogP contribution in [0.2, 0.25) is 0 Å². The summed E-state index contributed by atoms with van der Waals surface area (Å²) in [5, 5.41) is 19.7. The fourth-order valence-electron chi connectivity index (χ4n) is 6.72. The van der Waals surface area contributed by atoms with Crippen molar-refractivity contribution in [3.63, 3.8) is 0 Å². The molecule has 0 spiro atoms. The molecule has 0 bridgehead atoms. The molecule has 0 amide bonds. The Balaban J connectivity index is 1.01. The fourth-order valence-corrected chi connectivity index (χ4v) is 6.72. The Morgan fingerprint density at radius 3 is 2.38 bits per heavy atom. The first-order chi connectivity index (χ1) is 20.7. The Morgan fingerprint density at radius 2 is 1.57 bits per heavy atom. The van der Waals surface area contributed by atoms with Crippen LogP contribution in [-0.2, 0) is 13.1 Å². The van der Waals surface area contributed by atoms with E-state index in [1.54, 1.807) is 6.33 Å². The average molecular weight is 553 g/mol. The number of anilines is 2. The standard InChI is InChI=1S/C35H32N6O/c42-21-32-30-19-40(20-31(30)32)17-24-6-8-25(9-7-24)26-10-12-33-29(15-26)35(37-22-36-33)39-28-11-13-34-27(14-28)16-38-41(34)18-23-4-2-1-3-5-23/h1-16,22,30-32,42H,17-21H2,(H,36,37,39). The molecule has 3 heterocycles. The van der Waals surface area contributed by atoms with Crippen LogP contribution in [0.25, 0.3) is 32.9 Å². The Bertz CT molecular complexity index is 1870. The first-order valence-corrected chi connectivity index (χ1v) is 14.7. The van der Waals surface area contributed by atoms with E-state index in [4.69, 9.17) is 0 Å². The molecule has 7 heteroatoms. The van der Waals surface area contributed by atoms with Crippen molar-refractivity contribution < 1.29 is 5.11 Å². The number of aliphatic hydroxyl groups excluding tert-OH is 1. The highest BCUT2D eigenvalue weighted by Crippen LogP contribution is 2.51. The molecule has 2 aromatic heterocycles. The number of benzene rings is 4. The van der Waals surface area contributed by atoms with Crippen molar-refractivity contribution in [2.24, 2.45) is 17.8 Å². The molecule has 208 valence electrons. The molecule has 42 heavy (non-hydrogen) atoms. The number of aromatic nitrogens is 4. The van der Waals surface area contributed by atoms with Crippen molar-refractivity contribution in [2.75, 3.05) is 25.0 Å². The van der Waals surface area contributed by atoms with E-state index >= 15 is 0 Å². The van der Waals surface area contributed by atoms with E-state index < -0.39 is 0 Å². The molecule has 2 fully saturated rings. The van der Waals surface area contributed by atoms with E-state index in [0.29, 0.717) is 24.4 Å². The quantitative estimate of drug-likeness (QED) is 0.237. The van der Waals surface area contributed by atoms with Crippen molar-refractivity contribution in [3.05, 3.63) is 115 Å². The number of hydrogen-bond acceptors (Lipinski definition) is 6. The van der Waals surface area contributed by atoms with E-state index in [1.165, 1.54) is 16.7 Å². The number of likely N-dealkylation sites (tertiary alicyclic amines) is 1. The van der Waals surface area contributed by atoms with Crippen molar-refractivity contribution in [1.82, 2.24) is 24.6 Å². The van der Waals surface area contributed by atoms with Crippen molar-refractivity contribution >= 4 is 33.3 Å². The van der Waals surface area contributed by atoms with Crippen LogP contribution in [0.4, 0.5) is 11.5 Å². The molecule has 2 aliphatic rings. The first-order valence-electron chi connectivity index (χ1n) is 14.7. The topological polar surface area (TPSA) is 79.1 Å². The monoisotopic (exact) mass is 552 g/mol. The zero-order valence-corrected chi connectivity index (χ0v) is 23.3. The highest BCUT2D eigenvalue weighted by atomic mass is 16.3. The molecule has 1 aliphatic carbocycles. The third-order valence-electron chi connectivity index (χ3n) is 9.07. The van der Waals surface area contributed by atoms with E-state index in [0.717, 1.165) is 65.1 Å². The molecule has 6 aromatic rings. The van der Waals surface area contributed by atoms with Gasteiger partial charge in [0.1, 0.15) is 12.1 Å². The maximum Gasteiger partial charge on any atom is 0.141 e. The molecule has 1 aliphatic heterocycles. The summed E-state index contributed by atoms with van der Waals surface area (Å²) in [6.07, 6.45) is 3.53. The summed E-state index contributed by atoms with van der Waals surface area (Å²) in [4.78, 5) is 11.6. The Hall–Kier alpha value is -4.59. The van der Waals surface area contributed by atoms with Gasteiger partial charge in [-0.05, 0) is 70.3 Å². The third kappa shape index (κ3) is 4.70. The lowest BCUT2D eigenvalue weighted by atomic mass is 10.0. The summed E-state index contributed by atoms with van der Waals surface area (Å²) in [5.74, 6) is 2.74. The second-order valence-corrected chi connectivity index (χ2v) is 11.7. The van der Waals surface area contributed by atoms with Crippen LogP contribution in [0.1, 0.15) is 11.1 Å². The second kappa shape index (κ2) is 10.4. The minimum absolute atomic E-state index is 0.349. The number of rotatable bonds is 8. The Morgan fingerprint density at radius 1 is 0.786 bits per heavy atom. The number of aliphatic hydroxyl groups is 1. The van der Waals surface area contributed by atoms with Crippen LogP contribution >= 0.6 is 0 Å². The highest BCUT2D eigenvalue weighted by molar-refractivity contribution is 5.94. The number of hydrogen-bond donors (Lipinski definition) is 2. The Kier molecular flexibility index (Phi) is 6.20. The Labute approximate surface area is 244 Å². The number of fused-ring (bicyclic) bond motifs is 3. The van der Waals surface area contributed by atoms with Crippen LogP contribution in [-0.4, -0.2) is 49.5 Å². The minimum Gasteiger partial charge on any atom is -0.396 e. The molecule has 0 radical (unpaired) electrons. The van der Waals surface area contributed by atoms with E-state index in [-0.39, 0.29) is 0 Å². The predicted octanol–water partition coefficient (Wildman–Crippen LogP) is 6.11. The summed E-state index contributed by atoms with van der Waals surface area (Å²) in [6.45, 7) is 4.28. The summed E-state index contributed by atoms with van der Waals surface area (Å²) in [5.41, 5.74) is 7.82. The van der Waals surface area contributed by atoms with Gasteiger partial charge in [0.2, 0.25) is 0 Å². The first kappa shape index (κ1) is 25.1. The van der Waals surface area contributed by atoms with Gasteiger partial charge in [-0.3, -0.25) is 9.58 Å². The lowest BCUT2D eigenvalue weighted by Crippen LogP contribution is -2.24. The van der Waals surface area contributed by atoms with Crippen molar-refractivity contribution in [1.29, 1.82) is 0 Å². The van der Waals surface area contributed by atoms with E-state index in [1.807, 2.05) is 16.9 Å². The third-order valence-corrected chi connectivity index (χ3v) is 9.07. The normalized spacial score (nSPS) is 19.8. The van der Waals surface area contributed by atoms with Gasteiger partial charge in [-0.25, -0.2) is 9.97 Å². The zero-order valence-electron chi connectivity index (χ0n) is 23.3. The lowest BCUT2D eigenvalue weighted by molar-refractivity contribution is 0.217. The largest absolute Gasteiger partial charge is 0.396 e. The summed E-state index contributed by atoms with van der Waals surface area (Å²) in [6, 6.07) is 32.0.